The quantitative estimate of drug-likeness (QED) is 0.623. The first-order valence-electron chi connectivity index (χ1n) is 9.75. The van der Waals surface area contributed by atoms with Crippen molar-refractivity contribution < 1.29 is 9.59 Å². The van der Waals surface area contributed by atoms with Gasteiger partial charge < -0.3 is 10.2 Å². The first-order valence-corrected chi connectivity index (χ1v) is 10.1. The molecular formula is C23H25ClN4O2. The molecule has 0 aliphatic heterocycles. The second-order valence-electron chi connectivity index (χ2n) is 7.41. The van der Waals surface area contributed by atoms with Gasteiger partial charge in [0.2, 0.25) is 0 Å². The Kier molecular flexibility index (Phi) is 6.90. The number of halogens is 1. The van der Waals surface area contributed by atoms with Crippen molar-refractivity contribution in [2.75, 3.05) is 7.05 Å². The molecule has 1 heterocycles. The van der Waals surface area contributed by atoms with E-state index in [0.717, 1.165) is 11.1 Å². The number of hydrogen-bond donors (Lipinski definition) is 1. The van der Waals surface area contributed by atoms with Gasteiger partial charge in [-0.3, -0.25) is 14.3 Å². The molecule has 0 aliphatic rings. The van der Waals surface area contributed by atoms with Crippen molar-refractivity contribution in [3.8, 4) is 0 Å². The molecule has 3 aromatic rings. The third-order valence-corrected chi connectivity index (χ3v) is 5.30. The highest BCUT2D eigenvalue weighted by atomic mass is 35.5. The SMILES string of the molecule is CC(C)N(C)C(=O)c1ccc(CNC(=O)c2cnn(Cc3ccccc3Cl)c2)cc1. The molecule has 0 atom stereocenters. The van der Waals surface area contributed by atoms with E-state index >= 15 is 0 Å². The van der Waals surface area contributed by atoms with Crippen LogP contribution in [0.25, 0.3) is 0 Å². The van der Waals surface area contributed by atoms with Crippen LogP contribution in [-0.2, 0) is 13.1 Å². The first-order chi connectivity index (χ1) is 14.3. The number of nitrogens with one attached hydrogen (secondary N) is 1. The van der Waals surface area contributed by atoms with Crippen LogP contribution in [-0.4, -0.2) is 39.6 Å². The Labute approximate surface area is 181 Å². The smallest absolute Gasteiger partial charge is 0.254 e. The van der Waals surface area contributed by atoms with Gasteiger partial charge >= 0.3 is 0 Å². The molecule has 0 saturated carbocycles. The lowest BCUT2D eigenvalue weighted by molar-refractivity contribution is 0.0754. The lowest BCUT2D eigenvalue weighted by Gasteiger charge is -2.21. The highest BCUT2D eigenvalue weighted by Gasteiger charge is 2.14. The molecule has 0 radical (unpaired) electrons. The van der Waals surface area contributed by atoms with Crippen molar-refractivity contribution in [2.24, 2.45) is 0 Å². The maximum Gasteiger partial charge on any atom is 0.254 e. The summed E-state index contributed by atoms with van der Waals surface area (Å²) in [5.41, 5.74) is 2.96. The molecule has 3 rings (SSSR count). The number of aromatic nitrogens is 2. The maximum atomic E-state index is 12.4. The van der Waals surface area contributed by atoms with Crippen LogP contribution in [0.1, 0.15) is 45.7 Å². The molecule has 0 bridgehead atoms. The number of carbonyl (C=O) groups excluding carboxylic acids is 2. The zero-order chi connectivity index (χ0) is 21.7. The molecule has 2 aromatic carbocycles. The molecule has 156 valence electrons. The van der Waals surface area contributed by atoms with Gasteiger partial charge in [-0.2, -0.15) is 5.10 Å². The van der Waals surface area contributed by atoms with Crippen LogP contribution < -0.4 is 5.32 Å². The second-order valence-corrected chi connectivity index (χ2v) is 7.81. The maximum absolute atomic E-state index is 12.4. The summed E-state index contributed by atoms with van der Waals surface area (Å²) in [6, 6.07) is 14.9. The highest BCUT2D eigenvalue weighted by molar-refractivity contribution is 6.31. The number of nitrogens with zero attached hydrogens (tertiary/aromatic N) is 3. The first kappa shape index (κ1) is 21.6. The van der Waals surface area contributed by atoms with E-state index in [1.165, 1.54) is 6.20 Å². The lowest BCUT2D eigenvalue weighted by atomic mass is 10.1. The molecule has 0 unspecified atom stereocenters. The van der Waals surface area contributed by atoms with Gasteiger partial charge in [-0.1, -0.05) is 41.9 Å². The minimum atomic E-state index is -0.208. The average molecular weight is 425 g/mol. The zero-order valence-corrected chi connectivity index (χ0v) is 18.1. The Bertz CT molecular complexity index is 1030. The Morgan fingerprint density at radius 1 is 1.10 bits per heavy atom. The predicted octanol–water partition coefficient (Wildman–Crippen LogP) is 4.00. The Balaban J connectivity index is 1.56. The molecule has 1 aromatic heterocycles. The molecule has 30 heavy (non-hydrogen) atoms. The van der Waals surface area contributed by atoms with Crippen molar-refractivity contribution in [2.45, 2.75) is 33.0 Å². The van der Waals surface area contributed by atoms with E-state index in [1.54, 1.807) is 35.0 Å². The molecule has 0 spiro atoms. The van der Waals surface area contributed by atoms with Gasteiger partial charge in [-0.05, 0) is 43.2 Å². The van der Waals surface area contributed by atoms with E-state index in [4.69, 9.17) is 11.6 Å². The number of amides is 2. The van der Waals surface area contributed by atoms with E-state index in [-0.39, 0.29) is 17.9 Å². The van der Waals surface area contributed by atoms with Gasteiger partial charge in [0.1, 0.15) is 0 Å². The summed E-state index contributed by atoms with van der Waals surface area (Å²) < 4.78 is 1.68. The number of carbonyl (C=O) groups is 2. The number of hydrogen-bond acceptors (Lipinski definition) is 3. The van der Waals surface area contributed by atoms with Gasteiger partial charge in [0.15, 0.2) is 0 Å². The van der Waals surface area contributed by atoms with E-state index in [2.05, 4.69) is 10.4 Å². The highest BCUT2D eigenvalue weighted by Crippen LogP contribution is 2.16. The van der Waals surface area contributed by atoms with Crippen molar-refractivity contribution >= 4 is 23.4 Å². The van der Waals surface area contributed by atoms with E-state index in [9.17, 15) is 9.59 Å². The summed E-state index contributed by atoms with van der Waals surface area (Å²) >= 11 is 6.18. The molecule has 6 nitrogen and oxygen atoms in total. The van der Waals surface area contributed by atoms with Crippen molar-refractivity contribution in [1.29, 1.82) is 0 Å². The van der Waals surface area contributed by atoms with Crippen LogP contribution in [0.5, 0.6) is 0 Å². The van der Waals surface area contributed by atoms with Crippen LogP contribution in [0.4, 0.5) is 0 Å². The van der Waals surface area contributed by atoms with Crippen molar-refractivity contribution in [3.05, 3.63) is 88.2 Å². The van der Waals surface area contributed by atoms with Crippen molar-refractivity contribution in [1.82, 2.24) is 20.0 Å². The third kappa shape index (κ3) is 5.27. The Morgan fingerprint density at radius 3 is 2.47 bits per heavy atom. The minimum Gasteiger partial charge on any atom is -0.348 e. The Hall–Kier alpha value is -3.12. The standard InChI is InChI=1S/C23H25ClN4O2/c1-16(2)27(3)23(30)18-10-8-17(9-11-18)12-25-22(29)20-13-26-28(15-20)14-19-6-4-5-7-21(19)24/h4-11,13,15-16H,12,14H2,1-3H3,(H,25,29). The Morgan fingerprint density at radius 2 is 1.80 bits per heavy atom. The number of benzene rings is 2. The summed E-state index contributed by atoms with van der Waals surface area (Å²) in [6.45, 7) is 4.80. The van der Waals surface area contributed by atoms with Crippen LogP contribution >= 0.6 is 11.6 Å². The van der Waals surface area contributed by atoms with E-state index in [0.29, 0.717) is 29.2 Å². The van der Waals surface area contributed by atoms with Gasteiger partial charge in [-0.15, -0.1) is 0 Å². The third-order valence-electron chi connectivity index (χ3n) is 4.93. The summed E-state index contributed by atoms with van der Waals surface area (Å²) in [4.78, 5) is 26.5. The van der Waals surface area contributed by atoms with Crippen LogP contribution in [0.3, 0.4) is 0 Å². The summed E-state index contributed by atoms with van der Waals surface area (Å²) in [5, 5.41) is 7.79. The normalized spacial score (nSPS) is 10.8. The monoisotopic (exact) mass is 424 g/mol. The van der Waals surface area contributed by atoms with Crippen LogP contribution in [0.15, 0.2) is 60.9 Å². The zero-order valence-electron chi connectivity index (χ0n) is 17.3. The lowest BCUT2D eigenvalue weighted by Crippen LogP contribution is -2.32. The summed E-state index contributed by atoms with van der Waals surface area (Å²) in [7, 11) is 1.78. The average Bonchev–Trinajstić information content (AvgIpc) is 3.21. The molecule has 2 amide bonds. The molecule has 0 fully saturated rings. The van der Waals surface area contributed by atoms with Gasteiger partial charge in [-0.25, -0.2) is 0 Å². The molecule has 0 aliphatic carbocycles. The fraction of sp³-hybridized carbons (Fsp3) is 0.261. The molecule has 0 saturated heterocycles. The van der Waals surface area contributed by atoms with Crippen LogP contribution in [0.2, 0.25) is 5.02 Å². The molecule has 7 heteroatoms. The minimum absolute atomic E-state index is 0.0217. The summed E-state index contributed by atoms with van der Waals surface area (Å²) in [6.07, 6.45) is 3.23. The fourth-order valence-electron chi connectivity index (χ4n) is 2.86. The van der Waals surface area contributed by atoms with Crippen LogP contribution in [0, 0.1) is 0 Å². The van der Waals surface area contributed by atoms with Gasteiger partial charge in [0.05, 0.1) is 18.3 Å². The largest absolute Gasteiger partial charge is 0.348 e. The summed E-state index contributed by atoms with van der Waals surface area (Å²) in [5.74, 6) is -0.230. The van der Waals surface area contributed by atoms with E-state index in [1.807, 2.05) is 50.2 Å². The molecular weight excluding hydrogens is 400 g/mol. The fourth-order valence-corrected chi connectivity index (χ4v) is 3.05. The predicted molar refractivity (Wildman–Crippen MR) is 118 cm³/mol. The van der Waals surface area contributed by atoms with Gasteiger partial charge in [0.25, 0.3) is 11.8 Å². The number of rotatable bonds is 7. The van der Waals surface area contributed by atoms with E-state index < -0.39 is 0 Å². The topological polar surface area (TPSA) is 67.2 Å². The molecule has 1 N–H and O–H groups in total. The van der Waals surface area contributed by atoms with Crippen molar-refractivity contribution in [3.63, 3.8) is 0 Å². The van der Waals surface area contributed by atoms with Gasteiger partial charge in [0, 0.05) is 36.4 Å². The second kappa shape index (κ2) is 9.59.